The first-order valence-electron chi connectivity index (χ1n) is 12.0. The lowest BCUT2D eigenvalue weighted by Crippen LogP contribution is -2.38. The first-order valence-corrected chi connectivity index (χ1v) is 12.3. The summed E-state index contributed by atoms with van der Waals surface area (Å²) >= 11 is 6.42. The van der Waals surface area contributed by atoms with Gasteiger partial charge in [-0.2, -0.15) is 0 Å². The number of fused-ring (bicyclic) bond motifs is 1. The Balaban J connectivity index is 2.21. The fourth-order valence-electron chi connectivity index (χ4n) is 4.18. The third-order valence-corrected chi connectivity index (χ3v) is 6.60. The quantitative estimate of drug-likeness (QED) is 0.315. The maximum Gasteiger partial charge on any atom is 0.266 e. The van der Waals surface area contributed by atoms with E-state index in [0.717, 1.165) is 37.7 Å². The highest BCUT2D eigenvalue weighted by atomic mass is 35.5. The molecule has 3 rings (SSSR count). The summed E-state index contributed by atoms with van der Waals surface area (Å²) in [6.07, 6.45) is 5.36. The second-order valence-corrected chi connectivity index (χ2v) is 8.99. The van der Waals surface area contributed by atoms with Crippen LogP contribution in [0.25, 0.3) is 16.6 Å². The molecular weight excluding hydrogens is 434 g/mol. The van der Waals surface area contributed by atoms with Crippen LogP contribution in [-0.4, -0.2) is 26.9 Å². The van der Waals surface area contributed by atoms with E-state index in [1.165, 1.54) is 0 Å². The van der Waals surface area contributed by atoms with Crippen LogP contribution in [0.1, 0.15) is 76.7 Å². The maximum atomic E-state index is 13.7. The van der Waals surface area contributed by atoms with Gasteiger partial charge in [-0.25, -0.2) is 4.98 Å². The smallest absolute Gasteiger partial charge is 0.266 e. The lowest BCUT2D eigenvalue weighted by atomic mass is 10.1. The highest BCUT2D eigenvalue weighted by Crippen LogP contribution is 2.28. The Morgan fingerprint density at radius 3 is 2.52 bits per heavy atom. The van der Waals surface area contributed by atoms with Gasteiger partial charge in [0.2, 0.25) is 5.91 Å². The van der Waals surface area contributed by atoms with Crippen molar-refractivity contribution in [3.63, 3.8) is 0 Å². The monoisotopic (exact) mass is 467 g/mol. The van der Waals surface area contributed by atoms with Gasteiger partial charge in [0.1, 0.15) is 5.82 Å². The Morgan fingerprint density at radius 1 is 1.06 bits per heavy atom. The minimum atomic E-state index is -0.359. The van der Waals surface area contributed by atoms with E-state index in [2.05, 4.69) is 13.8 Å². The summed E-state index contributed by atoms with van der Waals surface area (Å²) in [6.45, 7) is 8.76. The molecule has 0 aliphatic carbocycles. The molecular formula is C27H34ClN3O2. The normalized spacial score (nSPS) is 12.2. The van der Waals surface area contributed by atoms with Gasteiger partial charge in [0.15, 0.2) is 0 Å². The number of para-hydroxylation sites is 1. The molecule has 0 N–H and O–H groups in total. The Bertz CT molecular complexity index is 1170. The van der Waals surface area contributed by atoms with Crippen LogP contribution in [0.2, 0.25) is 5.02 Å². The van der Waals surface area contributed by atoms with Crippen molar-refractivity contribution >= 4 is 28.4 Å². The minimum Gasteiger partial charge on any atom is -0.333 e. The van der Waals surface area contributed by atoms with E-state index in [0.29, 0.717) is 40.4 Å². The second kappa shape index (κ2) is 11.5. The molecule has 1 unspecified atom stereocenters. The van der Waals surface area contributed by atoms with E-state index in [1.54, 1.807) is 10.6 Å². The van der Waals surface area contributed by atoms with Gasteiger partial charge in [-0.15, -0.1) is 0 Å². The molecule has 1 heterocycles. The summed E-state index contributed by atoms with van der Waals surface area (Å²) in [7, 11) is 0. The fourth-order valence-corrected chi connectivity index (χ4v) is 4.35. The molecule has 33 heavy (non-hydrogen) atoms. The van der Waals surface area contributed by atoms with Crippen molar-refractivity contribution in [1.29, 1.82) is 0 Å². The van der Waals surface area contributed by atoms with Crippen LogP contribution < -0.4 is 5.56 Å². The van der Waals surface area contributed by atoms with E-state index >= 15 is 0 Å². The molecule has 3 aromatic rings. The molecule has 0 aliphatic rings. The number of nitrogens with zero attached hydrogens (tertiary/aromatic N) is 3. The summed E-state index contributed by atoms with van der Waals surface area (Å²) in [4.78, 5) is 33.8. The van der Waals surface area contributed by atoms with Gasteiger partial charge in [0.05, 0.1) is 22.6 Å². The zero-order chi connectivity index (χ0) is 24.0. The molecule has 5 nitrogen and oxygen atoms in total. The van der Waals surface area contributed by atoms with Crippen molar-refractivity contribution in [3.05, 3.63) is 69.2 Å². The van der Waals surface area contributed by atoms with Crippen molar-refractivity contribution in [2.75, 3.05) is 6.54 Å². The average molecular weight is 468 g/mol. The van der Waals surface area contributed by atoms with E-state index in [4.69, 9.17) is 16.6 Å². The van der Waals surface area contributed by atoms with Crippen LogP contribution in [0.15, 0.2) is 47.3 Å². The average Bonchev–Trinajstić information content (AvgIpc) is 2.82. The first kappa shape index (κ1) is 25.0. The van der Waals surface area contributed by atoms with E-state index in [-0.39, 0.29) is 17.5 Å². The van der Waals surface area contributed by atoms with Gasteiger partial charge in [-0.1, -0.05) is 62.9 Å². The molecule has 0 saturated heterocycles. The van der Waals surface area contributed by atoms with Gasteiger partial charge in [0.25, 0.3) is 5.56 Å². The molecule has 0 saturated carbocycles. The van der Waals surface area contributed by atoms with E-state index in [1.807, 2.05) is 55.1 Å². The van der Waals surface area contributed by atoms with Crippen molar-refractivity contribution in [3.8, 4) is 5.69 Å². The molecule has 0 radical (unpaired) electrons. The number of benzene rings is 2. The summed E-state index contributed by atoms with van der Waals surface area (Å²) < 4.78 is 1.65. The molecule has 1 amide bonds. The topological polar surface area (TPSA) is 55.2 Å². The summed E-state index contributed by atoms with van der Waals surface area (Å²) in [5.74, 6) is 0.669. The van der Waals surface area contributed by atoms with Gasteiger partial charge < -0.3 is 4.90 Å². The number of hydrogen-bond acceptors (Lipinski definition) is 3. The van der Waals surface area contributed by atoms with Crippen molar-refractivity contribution < 1.29 is 4.79 Å². The van der Waals surface area contributed by atoms with Crippen LogP contribution in [0.3, 0.4) is 0 Å². The van der Waals surface area contributed by atoms with Crippen molar-refractivity contribution in [2.45, 2.75) is 72.3 Å². The van der Waals surface area contributed by atoms with Gasteiger partial charge in [-0.3, -0.25) is 14.2 Å². The molecule has 6 heteroatoms. The number of halogens is 1. The van der Waals surface area contributed by atoms with Crippen molar-refractivity contribution in [2.24, 2.45) is 0 Å². The van der Waals surface area contributed by atoms with Crippen LogP contribution >= 0.6 is 11.6 Å². The molecule has 0 spiro atoms. The number of rotatable bonds is 10. The number of unbranched alkanes of at least 4 members (excludes halogenated alkanes) is 3. The van der Waals surface area contributed by atoms with Gasteiger partial charge >= 0.3 is 0 Å². The number of carbonyl (C=O) groups is 1. The predicted octanol–water partition coefficient (Wildman–Crippen LogP) is 6.62. The summed E-state index contributed by atoms with van der Waals surface area (Å²) in [5.41, 5.74) is 1.99. The third kappa shape index (κ3) is 5.47. The standard InChI is InChI=1S/C27H34ClN3O2/c1-5-7-11-18-30(25(32)17-8-6-2)20(4)26-29-23-15-10-9-13-21(23)27(33)31(26)24-16-12-14-22(28)19(24)3/h9-10,12-16,20H,5-8,11,17-18H2,1-4H3. The second-order valence-electron chi connectivity index (χ2n) is 8.59. The molecule has 0 aliphatic heterocycles. The Morgan fingerprint density at radius 2 is 1.79 bits per heavy atom. The van der Waals surface area contributed by atoms with Crippen molar-refractivity contribution in [1.82, 2.24) is 14.5 Å². The number of aromatic nitrogens is 2. The van der Waals surface area contributed by atoms with E-state index in [9.17, 15) is 9.59 Å². The molecule has 1 aromatic heterocycles. The molecule has 0 bridgehead atoms. The van der Waals surface area contributed by atoms with Crippen LogP contribution in [0.4, 0.5) is 0 Å². The zero-order valence-electron chi connectivity index (χ0n) is 20.1. The number of hydrogen-bond donors (Lipinski definition) is 0. The summed E-state index contributed by atoms with van der Waals surface area (Å²) in [6, 6.07) is 12.5. The summed E-state index contributed by atoms with van der Waals surface area (Å²) in [5, 5.41) is 1.13. The van der Waals surface area contributed by atoms with Crippen LogP contribution in [-0.2, 0) is 4.79 Å². The Kier molecular flexibility index (Phi) is 8.67. The van der Waals surface area contributed by atoms with Crippen LogP contribution in [0, 0.1) is 6.92 Å². The highest BCUT2D eigenvalue weighted by Gasteiger charge is 2.27. The third-order valence-electron chi connectivity index (χ3n) is 6.19. The molecule has 2 aromatic carbocycles. The molecule has 176 valence electrons. The number of amides is 1. The SMILES string of the molecule is CCCCCN(C(=O)CCCC)C(C)c1nc2ccccc2c(=O)n1-c1cccc(Cl)c1C. The Labute approximate surface area is 201 Å². The van der Waals surface area contributed by atoms with Gasteiger partial charge in [0, 0.05) is 18.0 Å². The maximum absolute atomic E-state index is 13.7. The van der Waals surface area contributed by atoms with E-state index < -0.39 is 0 Å². The molecule has 0 fully saturated rings. The first-order chi connectivity index (χ1) is 15.9. The highest BCUT2D eigenvalue weighted by molar-refractivity contribution is 6.31. The lowest BCUT2D eigenvalue weighted by molar-refractivity contribution is -0.133. The Hall–Kier alpha value is -2.66. The predicted molar refractivity (Wildman–Crippen MR) is 136 cm³/mol. The fraction of sp³-hybridized carbons (Fsp3) is 0.444. The zero-order valence-corrected chi connectivity index (χ0v) is 20.9. The minimum absolute atomic E-state index is 0.109. The lowest BCUT2D eigenvalue weighted by Gasteiger charge is -2.31. The van der Waals surface area contributed by atoms with Gasteiger partial charge in [-0.05, 0) is 56.5 Å². The number of carbonyl (C=O) groups excluding carboxylic acids is 1. The van der Waals surface area contributed by atoms with Crippen LogP contribution in [0.5, 0.6) is 0 Å². The molecule has 1 atom stereocenters. The largest absolute Gasteiger partial charge is 0.333 e.